The van der Waals surface area contributed by atoms with Crippen LogP contribution in [0.1, 0.15) is 19.3 Å². The largest absolute Gasteiger partial charge is 0.305 e. The van der Waals surface area contributed by atoms with Gasteiger partial charge in [0.25, 0.3) is 0 Å². The van der Waals surface area contributed by atoms with Gasteiger partial charge in [-0.25, -0.2) is 8.42 Å². The first-order valence-corrected chi connectivity index (χ1v) is 7.33. The van der Waals surface area contributed by atoms with Crippen LogP contribution in [0.15, 0.2) is 0 Å². The second-order valence-corrected chi connectivity index (χ2v) is 6.71. The Morgan fingerprint density at radius 2 is 2.13 bits per heavy atom. The van der Waals surface area contributed by atoms with E-state index in [0.29, 0.717) is 25.3 Å². The molecule has 0 aromatic heterocycles. The summed E-state index contributed by atoms with van der Waals surface area (Å²) in [5.41, 5.74) is 0. The molecular formula is C10H19NO3S. The van der Waals surface area contributed by atoms with Crippen LogP contribution in [0, 0.1) is 5.92 Å². The normalized spacial score (nSPS) is 22.6. The zero-order chi connectivity index (χ0) is 11.5. The Balaban J connectivity index is 2.29. The summed E-state index contributed by atoms with van der Waals surface area (Å²) in [5.74, 6) is 0.639. The molecule has 15 heavy (non-hydrogen) atoms. The molecule has 1 aliphatic rings. The molecule has 0 radical (unpaired) electrons. The van der Waals surface area contributed by atoms with Gasteiger partial charge in [-0.05, 0) is 19.9 Å². The molecule has 0 aliphatic heterocycles. The average Bonchev–Trinajstić information content (AvgIpc) is 2.47. The van der Waals surface area contributed by atoms with Crippen LogP contribution in [0.2, 0.25) is 0 Å². The summed E-state index contributed by atoms with van der Waals surface area (Å²) in [6.07, 6.45) is 3.89. The van der Waals surface area contributed by atoms with Gasteiger partial charge in [0.15, 0.2) is 0 Å². The maximum atomic E-state index is 11.4. The number of hydrogen-bond donors (Lipinski definition) is 0. The summed E-state index contributed by atoms with van der Waals surface area (Å²) in [7, 11) is -1.02. The predicted molar refractivity (Wildman–Crippen MR) is 59.6 cm³/mol. The smallest absolute Gasteiger partial charge is 0.148 e. The summed E-state index contributed by atoms with van der Waals surface area (Å²) in [6, 6.07) is 0. The number of carbonyl (C=O) groups is 1. The molecule has 1 saturated carbocycles. The lowest BCUT2D eigenvalue weighted by Gasteiger charge is -2.19. The van der Waals surface area contributed by atoms with Gasteiger partial charge in [0, 0.05) is 31.7 Å². The minimum absolute atomic E-state index is 0.134. The zero-order valence-corrected chi connectivity index (χ0v) is 10.2. The van der Waals surface area contributed by atoms with Gasteiger partial charge in [-0.1, -0.05) is 0 Å². The quantitative estimate of drug-likeness (QED) is 0.687. The van der Waals surface area contributed by atoms with Gasteiger partial charge in [-0.3, -0.25) is 4.79 Å². The second-order valence-electron chi connectivity index (χ2n) is 4.45. The average molecular weight is 233 g/mol. The number of ketones is 1. The molecule has 0 aromatic carbocycles. The standard InChI is InChI=1S/C10H19NO3S/c1-11(6-7-15(2,13)14)8-9-4-3-5-10(9)12/h9H,3-8H2,1-2H3. The molecule has 5 heteroatoms. The van der Waals surface area contributed by atoms with E-state index in [-0.39, 0.29) is 11.7 Å². The van der Waals surface area contributed by atoms with Crippen molar-refractivity contribution in [2.75, 3.05) is 32.1 Å². The van der Waals surface area contributed by atoms with Crippen molar-refractivity contribution >= 4 is 15.6 Å². The third-order valence-electron chi connectivity index (χ3n) is 2.81. The molecule has 0 saturated heterocycles. The number of Topliss-reactive ketones (excluding diaryl/α,β-unsaturated/α-hetero) is 1. The lowest BCUT2D eigenvalue weighted by Crippen LogP contribution is -2.31. The molecule has 1 aliphatic carbocycles. The van der Waals surface area contributed by atoms with Crippen molar-refractivity contribution in [3.05, 3.63) is 0 Å². The maximum Gasteiger partial charge on any atom is 0.148 e. The van der Waals surface area contributed by atoms with Crippen LogP contribution in [-0.4, -0.2) is 51.2 Å². The highest BCUT2D eigenvalue weighted by Gasteiger charge is 2.25. The van der Waals surface area contributed by atoms with E-state index in [2.05, 4.69) is 0 Å². The maximum absolute atomic E-state index is 11.4. The van der Waals surface area contributed by atoms with Crippen molar-refractivity contribution in [2.45, 2.75) is 19.3 Å². The van der Waals surface area contributed by atoms with E-state index in [1.807, 2.05) is 11.9 Å². The van der Waals surface area contributed by atoms with Crippen LogP contribution in [0.3, 0.4) is 0 Å². The number of nitrogens with zero attached hydrogens (tertiary/aromatic N) is 1. The predicted octanol–water partition coefficient (Wildman–Crippen LogP) is 0.332. The van der Waals surface area contributed by atoms with Crippen LogP contribution in [0.5, 0.6) is 0 Å². The minimum atomic E-state index is -2.89. The molecule has 4 nitrogen and oxygen atoms in total. The molecule has 88 valence electrons. The lowest BCUT2D eigenvalue weighted by atomic mass is 10.1. The monoisotopic (exact) mass is 233 g/mol. The summed E-state index contributed by atoms with van der Waals surface area (Å²) in [4.78, 5) is 13.3. The van der Waals surface area contributed by atoms with Crippen molar-refractivity contribution in [1.82, 2.24) is 4.90 Å². The van der Waals surface area contributed by atoms with Crippen LogP contribution in [0.4, 0.5) is 0 Å². The third kappa shape index (κ3) is 4.75. The Morgan fingerprint density at radius 3 is 2.60 bits per heavy atom. The molecule has 1 atom stereocenters. The van der Waals surface area contributed by atoms with Gasteiger partial charge >= 0.3 is 0 Å². The Morgan fingerprint density at radius 1 is 1.47 bits per heavy atom. The molecule has 0 N–H and O–H groups in total. The van der Waals surface area contributed by atoms with E-state index < -0.39 is 9.84 Å². The fraction of sp³-hybridized carbons (Fsp3) is 0.900. The van der Waals surface area contributed by atoms with Crippen molar-refractivity contribution in [1.29, 1.82) is 0 Å². The highest BCUT2D eigenvalue weighted by Crippen LogP contribution is 2.21. The molecule has 0 heterocycles. The Labute approximate surface area is 91.6 Å². The van der Waals surface area contributed by atoms with Crippen molar-refractivity contribution in [2.24, 2.45) is 5.92 Å². The van der Waals surface area contributed by atoms with Crippen molar-refractivity contribution < 1.29 is 13.2 Å². The van der Waals surface area contributed by atoms with Gasteiger partial charge in [-0.2, -0.15) is 0 Å². The zero-order valence-electron chi connectivity index (χ0n) is 9.40. The van der Waals surface area contributed by atoms with Gasteiger partial charge in [0.1, 0.15) is 15.6 Å². The second kappa shape index (κ2) is 5.07. The molecule has 0 aromatic rings. The minimum Gasteiger partial charge on any atom is -0.305 e. The summed E-state index contributed by atoms with van der Waals surface area (Å²) in [6.45, 7) is 1.22. The van der Waals surface area contributed by atoms with Crippen LogP contribution in [0.25, 0.3) is 0 Å². The number of rotatable bonds is 5. The van der Waals surface area contributed by atoms with E-state index in [0.717, 1.165) is 12.8 Å². The third-order valence-corrected chi connectivity index (χ3v) is 3.73. The van der Waals surface area contributed by atoms with Crippen LogP contribution >= 0.6 is 0 Å². The molecular weight excluding hydrogens is 214 g/mol. The van der Waals surface area contributed by atoms with Crippen LogP contribution in [-0.2, 0) is 14.6 Å². The first kappa shape index (κ1) is 12.6. The Hall–Kier alpha value is -0.420. The number of sulfone groups is 1. The summed E-state index contributed by atoms with van der Waals surface area (Å²) in [5, 5.41) is 0. The van der Waals surface area contributed by atoms with Gasteiger partial charge in [0.05, 0.1) is 5.75 Å². The van der Waals surface area contributed by atoms with E-state index in [4.69, 9.17) is 0 Å². The highest BCUT2D eigenvalue weighted by molar-refractivity contribution is 7.90. The SMILES string of the molecule is CN(CCS(C)(=O)=O)CC1CCCC1=O. The van der Waals surface area contributed by atoms with Crippen molar-refractivity contribution in [3.8, 4) is 0 Å². The Kier molecular flexibility index (Phi) is 4.28. The van der Waals surface area contributed by atoms with E-state index in [1.54, 1.807) is 0 Å². The van der Waals surface area contributed by atoms with E-state index in [1.165, 1.54) is 6.26 Å². The molecule has 1 rings (SSSR count). The Bertz CT molecular complexity index is 324. The van der Waals surface area contributed by atoms with Gasteiger partial charge in [-0.15, -0.1) is 0 Å². The fourth-order valence-electron chi connectivity index (χ4n) is 1.87. The first-order valence-electron chi connectivity index (χ1n) is 5.27. The van der Waals surface area contributed by atoms with Gasteiger partial charge < -0.3 is 4.90 Å². The van der Waals surface area contributed by atoms with Crippen LogP contribution < -0.4 is 0 Å². The molecule has 0 spiro atoms. The van der Waals surface area contributed by atoms with E-state index in [9.17, 15) is 13.2 Å². The molecule has 0 bridgehead atoms. The topological polar surface area (TPSA) is 54.5 Å². The fourth-order valence-corrected chi connectivity index (χ4v) is 2.51. The van der Waals surface area contributed by atoms with Gasteiger partial charge in [0.2, 0.25) is 0 Å². The molecule has 1 fully saturated rings. The lowest BCUT2D eigenvalue weighted by molar-refractivity contribution is -0.121. The molecule has 0 amide bonds. The number of hydrogen-bond acceptors (Lipinski definition) is 4. The highest BCUT2D eigenvalue weighted by atomic mass is 32.2. The summed E-state index contributed by atoms with van der Waals surface area (Å²) < 4.78 is 21.9. The first-order chi connectivity index (χ1) is 6.88. The molecule has 1 unspecified atom stereocenters. The summed E-state index contributed by atoms with van der Waals surface area (Å²) >= 11 is 0. The van der Waals surface area contributed by atoms with E-state index >= 15 is 0 Å². The number of carbonyl (C=O) groups excluding carboxylic acids is 1. The van der Waals surface area contributed by atoms with Crippen molar-refractivity contribution in [3.63, 3.8) is 0 Å².